The largest absolute Gasteiger partial charge is 0.497 e. The van der Waals surface area contributed by atoms with Gasteiger partial charge in [0.2, 0.25) is 5.91 Å². The molecule has 1 N–H and O–H groups in total. The Morgan fingerprint density at radius 1 is 1.03 bits per heavy atom. The van der Waals surface area contributed by atoms with Crippen molar-refractivity contribution in [1.82, 2.24) is 24.4 Å². The molecule has 7 nitrogen and oxygen atoms in total. The molecule has 37 heavy (non-hydrogen) atoms. The fraction of sp³-hybridized carbons (Fsp3) is 0.300. The van der Waals surface area contributed by atoms with Crippen LogP contribution in [0.4, 0.5) is 0 Å². The molecule has 0 bridgehead atoms. The molecule has 0 spiro atoms. The normalized spacial score (nSPS) is 14.5. The molecule has 5 aromatic rings. The van der Waals surface area contributed by atoms with Gasteiger partial charge in [0.05, 0.1) is 13.5 Å². The molecule has 188 valence electrons. The number of amides is 1. The number of piperidine rings is 1. The number of hydrogen-bond acceptors (Lipinski definition) is 4. The molecule has 3 aromatic heterocycles. The lowest BCUT2D eigenvalue weighted by Gasteiger charge is -2.33. The summed E-state index contributed by atoms with van der Waals surface area (Å²) in [5.74, 6) is 2.12. The average molecular weight is 494 g/mol. The highest BCUT2D eigenvalue weighted by Gasteiger charge is 2.27. The van der Waals surface area contributed by atoms with Crippen molar-refractivity contribution in [2.24, 2.45) is 0 Å². The van der Waals surface area contributed by atoms with Crippen LogP contribution in [-0.4, -0.2) is 50.5 Å². The highest BCUT2D eigenvalue weighted by atomic mass is 16.5. The Labute approximate surface area is 216 Å². The van der Waals surface area contributed by atoms with Crippen LogP contribution in [0.15, 0.2) is 73.1 Å². The van der Waals surface area contributed by atoms with Crippen LogP contribution in [0.1, 0.15) is 35.8 Å². The third-order valence-electron chi connectivity index (χ3n) is 7.52. The lowest BCUT2D eigenvalue weighted by atomic mass is 10.0. The Kier molecular flexibility index (Phi) is 6.35. The van der Waals surface area contributed by atoms with Crippen molar-refractivity contribution in [2.75, 3.05) is 20.2 Å². The summed E-state index contributed by atoms with van der Waals surface area (Å²) < 4.78 is 7.62. The van der Waals surface area contributed by atoms with E-state index in [1.165, 1.54) is 5.56 Å². The molecule has 4 heterocycles. The smallest absolute Gasteiger partial charge is 0.227 e. The van der Waals surface area contributed by atoms with Crippen molar-refractivity contribution in [3.63, 3.8) is 0 Å². The van der Waals surface area contributed by atoms with E-state index in [-0.39, 0.29) is 11.9 Å². The fourth-order valence-electron chi connectivity index (χ4n) is 5.51. The summed E-state index contributed by atoms with van der Waals surface area (Å²) in [6, 6.07) is 20.6. The molecule has 1 aliphatic rings. The first-order chi connectivity index (χ1) is 18.2. The van der Waals surface area contributed by atoms with Crippen LogP contribution in [0.5, 0.6) is 5.75 Å². The van der Waals surface area contributed by atoms with E-state index >= 15 is 0 Å². The van der Waals surface area contributed by atoms with Crippen molar-refractivity contribution >= 4 is 28.0 Å². The lowest BCUT2D eigenvalue weighted by Crippen LogP contribution is -2.40. The number of hydrogen-bond donors (Lipinski definition) is 1. The zero-order valence-corrected chi connectivity index (χ0v) is 21.1. The van der Waals surface area contributed by atoms with E-state index in [9.17, 15) is 4.79 Å². The number of para-hydroxylation sites is 1. The molecule has 6 rings (SSSR count). The van der Waals surface area contributed by atoms with Gasteiger partial charge >= 0.3 is 0 Å². The van der Waals surface area contributed by atoms with Crippen molar-refractivity contribution in [3.05, 3.63) is 90.0 Å². The van der Waals surface area contributed by atoms with Crippen molar-refractivity contribution < 1.29 is 9.53 Å². The first kappa shape index (κ1) is 23.3. The predicted molar refractivity (Wildman–Crippen MR) is 145 cm³/mol. The molecule has 0 aliphatic carbocycles. The maximum Gasteiger partial charge on any atom is 0.227 e. The standard InChI is InChI=1S/C30H31N5O2/c1-37-24-11-8-21(9-12-24)10-13-28-33-27-7-4-16-31-30(27)35(28)23-14-17-34(18-15-23)29(36)19-22-20-32-26-6-3-2-5-25(22)26/h2-9,11-12,16,20,23,32H,10,13-15,17-19H2,1H3. The Balaban J connectivity index is 1.16. The number of aromatic nitrogens is 4. The molecule has 1 saturated heterocycles. The minimum Gasteiger partial charge on any atom is -0.497 e. The van der Waals surface area contributed by atoms with Crippen molar-refractivity contribution in [2.45, 2.75) is 38.1 Å². The van der Waals surface area contributed by atoms with Crippen LogP contribution in [0.3, 0.4) is 0 Å². The van der Waals surface area contributed by atoms with Gasteiger partial charge in [0, 0.05) is 48.8 Å². The van der Waals surface area contributed by atoms with E-state index in [4.69, 9.17) is 9.72 Å². The molecule has 1 amide bonds. The van der Waals surface area contributed by atoms with Crippen LogP contribution in [0, 0.1) is 0 Å². The van der Waals surface area contributed by atoms with Crippen LogP contribution in [0.25, 0.3) is 22.1 Å². The number of pyridine rings is 1. The fourth-order valence-corrected chi connectivity index (χ4v) is 5.51. The minimum absolute atomic E-state index is 0.191. The van der Waals surface area contributed by atoms with E-state index in [2.05, 4.69) is 32.7 Å². The van der Waals surface area contributed by atoms with Gasteiger partial charge in [0.25, 0.3) is 0 Å². The maximum absolute atomic E-state index is 13.2. The number of nitrogens with zero attached hydrogens (tertiary/aromatic N) is 4. The molecule has 2 aromatic carbocycles. The SMILES string of the molecule is COc1ccc(CCc2nc3cccnc3n2C2CCN(C(=O)Cc3c[nH]c4ccccc34)CC2)cc1. The number of fused-ring (bicyclic) bond motifs is 2. The van der Waals surface area contributed by atoms with Crippen LogP contribution in [-0.2, 0) is 24.1 Å². The molecular weight excluding hydrogens is 462 g/mol. The maximum atomic E-state index is 13.2. The Morgan fingerprint density at radius 3 is 2.65 bits per heavy atom. The van der Waals surface area contributed by atoms with Gasteiger partial charge in [0.15, 0.2) is 5.65 Å². The van der Waals surface area contributed by atoms with Gasteiger partial charge in [-0.15, -0.1) is 0 Å². The van der Waals surface area contributed by atoms with E-state index < -0.39 is 0 Å². The monoisotopic (exact) mass is 493 g/mol. The highest BCUT2D eigenvalue weighted by molar-refractivity contribution is 5.89. The van der Waals surface area contributed by atoms with Crippen LogP contribution >= 0.6 is 0 Å². The van der Waals surface area contributed by atoms with Gasteiger partial charge < -0.3 is 19.2 Å². The number of aromatic amines is 1. The number of nitrogens with one attached hydrogen (secondary N) is 1. The lowest BCUT2D eigenvalue weighted by molar-refractivity contribution is -0.131. The molecule has 0 saturated carbocycles. The van der Waals surface area contributed by atoms with E-state index in [0.29, 0.717) is 6.42 Å². The van der Waals surface area contributed by atoms with Gasteiger partial charge in [-0.3, -0.25) is 4.79 Å². The quantitative estimate of drug-likeness (QED) is 0.342. The minimum atomic E-state index is 0.191. The topological polar surface area (TPSA) is 76.0 Å². The number of H-pyrrole nitrogens is 1. The first-order valence-electron chi connectivity index (χ1n) is 13.0. The average Bonchev–Trinajstić information content (AvgIpc) is 3.53. The van der Waals surface area contributed by atoms with Gasteiger partial charge in [-0.2, -0.15) is 0 Å². The third-order valence-corrected chi connectivity index (χ3v) is 7.52. The Bertz CT molecular complexity index is 1530. The number of aryl methyl sites for hydroxylation is 2. The first-order valence-corrected chi connectivity index (χ1v) is 13.0. The van der Waals surface area contributed by atoms with Gasteiger partial charge in [0.1, 0.15) is 17.1 Å². The van der Waals surface area contributed by atoms with Crippen molar-refractivity contribution in [3.8, 4) is 5.75 Å². The van der Waals surface area contributed by atoms with Gasteiger partial charge in [-0.25, -0.2) is 9.97 Å². The summed E-state index contributed by atoms with van der Waals surface area (Å²) in [6.07, 6.45) is 7.77. The van der Waals surface area contributed by atoms with Crippen LogP contribution in [0.2, 0.25) is 0 Å². The summed E-state index contributed by atoms with van der Waals surface area (Å²) in [7, 11) is 1.69. The molecule has 7 heteroatoms. The Hall–Kier alpha value is -4.13. The van der Waals surface area contributed by atoms with Gasteiger partial charge in [-0.05, 0) is 60.7 Å². The molecular formula is C30H31N5O2. The zero-order chi connectivity index (χ0) is 25.2. The number of likely N-dealkylation sites (tertiary alicyclic amines) is 1. The summed E-state index contributed by atoms with van der Waals surface area (Å²) in [5.41, 5.74) is 5.27. The molecule has 1 aliphatic heterocycles. The van der Waals surface area contributed by atoms with E-state index in [1.54, 1.807) is 7.11 Å². The second kappa shape index (κ2) is 10.1. The van der Waals surface area contributed by atoms with E-state index in [1.807, 2.05) is 59.8 Å². The summed E-state index contributed by atoms with van der Waals surface area (Å²) in [4.78, 5) is 28.1. The number of imidazole rings is 1. The number of rotatable bonds is 7. The predicted octanol–water partition coefficient (Wildman–Crippen LogP) is 5.11. The Morgan fingerprint density at radius 2 is 1.84 bits per heavy atom. The molecule has 1 fully saturated rings. The van der Waals surface area contributed by atoms with Gasteiger partial charge in [-0.1, -0.05) is 30.3 Å². The third kappa shape index (κ3) is 4.69. The second-order valence-corrected chi connectivity index (χ2v) is 9.74. The summed E-state index contributed by atoms with van der Waals surface area (Å²) in [5, 5.41) is 1.13. The highest BCUT2D eigenvalue weighted by Crippen LogP contribution is 2.29. The molecule has 0 atom stereocenters. The second-order valence-electron chi connectivity index (χ2n) is 9.74. The number of benzene rings is 2. The van der Waals surface area contributed by atoms with Crippen LogP contribution < -0.4 is 4.74 Å². The van der Waals surface area contributed by atoms with Crippen molar-refractivity contribution in [1.29, 1.82) is 0 Å². The number of carbonyl (C=O) groups is 1. The number of ether oxygens (including phenoxy) is 1. The number of carbonyl (C=O) groups excluding carboxylic acids is 1. The molecule has 0 radical (unpaired) electrons. The summed E-state index contributed by atoms with van der Waals surface area (Å²) in [6.45, 7) is 1.49. The molecule has 0 unspecified atom stereocenters. The zero-order valence-electron chi connectivity index (χ0n) is 21.1. The van der Waals surface area contributed by atoms with E-state index in [0.717, 1.165) is 78.0 Å². The summed E-state index contributed by atoms with van der Waals surface area (Å²) >= 11 is 0. The number of methoxy groups -OCH3 is 1.